The molecular weight excluding hydrogens is 352 g/mol. The highest BCUT2D eigenvalue weighted by molar-refractivity contribution is 7.18. The zero-order valence-corrected chi connectivity index (χ0v) is 15.2. The highest BCUT2D eigenvalue weighted by Gasteiger charge is 2.20. The molecule has 1 aliphatic carbocycles. The Balaban J connectivity index is 1.68. The van der Waals surface area contributed by atoms with Crippen LogP contribution >= 0.6 is 22.9 Å². The standard InChI is InChI=1S/C20H17ClN2OS/c21-15(11-6-9-13-7-2-1-3-8-13)18-22-19(24)17-14-10-4-5-12-16(14)25-20(17)23-18/h1-3,6-9,11H,4-5,10,12H2,(H,22,23,24). The Hall–Kier alpha value is -2.17. The average molecular weight is 369 g/mol. The molecule has 0 unspecified atom stereocenters. The first kappa shape index (κ1) is 16.3. The molecule has 2 heterocycles. The lowest BCUT2D eigenvalue weighted by atomic mass is 9.97. The second-order valence-electron chi connectivity index (χ2n) is 6.09. The number of aromatic nitrogens is 2. The van der Waals surface area contributed by atoms with Gasteiger partial charge in [0.15, 0.2) is 5.82 Å². The van der Waals surface area contributed by atoms with Gasteiger partial charge in [0.05, 0.1) is 10.4 Å². The van der Waals surface area contributed by atoms with Gasteiger partial charge in [-0.3, -0.25) is 4.79 Å². The predicted molar refractivity (Wildman–Crippen MR) is 106 cm³/mol. The minimum absolute atomic E-state index is 0.0852. The summed E-state index contributed by atoms with van der Waals surface area (Å²) in [6.45, 7) is 0. The summed E-state index contributed by atoms with van der Waals surface area (Å²) in [5, 5.41) is 1.19. The van der Waals surface area contributed by atoms with Gasteiger partial charge in [0.25, 0.3) is 5.56 Å². The molecule has 2 aromatic heterocycles. The van der Waals surface area contributed by atoms with Gasteiger partial charge < -0.3 is 4.98 Å². The number of halogens is 1. The lowest BCUT2D eigenvalue weighted by molar-refractivity contribution is 0.700. The molecule has 0 amide bonds. The van der Waals surface area contributed by atoms with E-state index in [4.69, 9.17) is 11.6 Å². The van der Waals surface area contributed by atoms with Crippen molar-refractivity contribution in [1.29, 1.82) is 0 Å². The fourth-order valence-electron chi connectivity index (χ4n) is 3.16. The largest absolute Gasteiger partial charge is 0.305 e. The van der Waals surface area contributed by atoms with Crippen molar-refractivity contribution in [1.82, 2.24) is 9.97 Å². The van der Waals surface area contributed by atoms with E-state index in [1.807, 2.05) is 42.5 Å². The van der Waals surface area contributed by atoms with E-state index in [0.717, 1.165) is 35.0 Å². The van der Waals surface area contributed by atoms with Gasteiger partial charge >= 0.3 is 0 Å². The summed E-state index contributed by atoms with van der Waals surface area (Å²) in [4.78, 5) is 22.1. The quantitative estimate of drug-likeness (QED) is 0.649. The minimum atomic E-state index is -0.0852. The lowest BCUT2D eigenvalue weighted by Crippen LogP contribution is -2.12. The molecule has 25 heavy (non-hydrogen) atoms. The van der Waals surface area contributed by atoms with E-state index in [1.54, 1.807) is 17.4 Å². The first-order chi connectivity index (χ1) is 12.2. The van der Waals surface area contributed by atoms with Crippen molar-refractivity contribution in [2.45, 2.75) is 25.7 Å². The van der Waals surface area contributed by atoms with Crippen LogP contribution in [0.5, 0.6) is 0 Å². The second kappa shape index (κ2) is 6.98. The van der Waals surface area contributed by atoms with E-state index >= 15 is 0 Å². The average Bonchev–Trinajstić information content (AvgIpc) is 3.01. The zero-order chi connectivity index (χ0) is 17.2. The number of benzene rings is 1. The summed E-state index contributed by atoms with van der Waals surface area (Å²) < 4.78 is 0. The van der Waals surface area contributed by atoms with Crippen molar-refractivity contribution < 1.29 is 0 Å². The van der Waals surface area contributed by atoms with E-state index in [-0.39, 0.29) is 5.56 Å². The monoisotopic (exact) mass is 368 g/mol. The zero-order valence-electron chi connectivity index (χ0n) is 13.6. The number of nitrogens with zero attached hydrogens (tertiary/aromatic N) is 1. The SMILES string of the molecule is O=c1[nH]c(C(Cl)=CC=Cc2ccccc2)nc2sc3c(c12)CCCC3. The fraction of sp³-hybridized carbons (Fsp3) is 0.200. The van der Waals surface area contributed by atoms with E-state index in [9.17, 15) is 4.79 Å². The number of thiophene rings is 1. The molecule has 5 heteroatoms. The number of hydrogen-bond acceptors (Lipinski definition) is 3. The lowest BCUT2D eigenvalue weighted by Gasteiger charge is -2.09. The molecule has 0 spiro atoms. The van der Waals surface area contributed by atoms with Crippen molar-refractivity contribution >= 4 is 44.3 Å². The van der Waals surface area contributed by atoms with E-state index in [0.29, 0.717) is 10.9 Å². The number of aromatic amines is 1. The number of allylic oxidation sites excluding steroid dienone is 2. The van der Waals surface area contributed by atoms with Crippen LogP contribution in [0.2, 0.25) is 0 Å². The topological polar surface area (TPSA) is 45.8 Å². The van der Waals surface area contributed by atoms with Gasteiger partial charge in [0.2, 0.25) is 0 Å². The maximum absolute atomic E-state index is 12.5. The Morgan fingerprint density at radius 2 is 2.00 bits per heavy atom. The molecule has 0 bridgehead atoms. The van der Waals surface area contributed by atoms with E-state index in [1.165, 1.54) is 16.9 Å². The minimum Gasteiger partial charge on any atom is -0.305 e. The van der Waals surface area contributed by atoms with Crippen LogP contribution in [0.15, 0.2) is 47.3 Å². The van der Waals surface area contributed by atoms with Gasteiger partial charge in [-0.05, 0) is 42.9 Å². The van der Waals surface area contributed by atoms with Crippen molar-refractivity contribution in [2.24, 2.45) is 0 Å². The molecule has 1 aromatic carbocycles. The first-order valence-corrected chi connectivity index (χ1v) is 9.55. The van der Waals surface area contributed by atoms with Crippen molar-refractivity contribution in [3.63, 3.8) is 0 Å². The molecular formula is C20H17ClN2OS. The molecule has 0 fully saturated rings. The Bertz CT molecular complexity index is 1030. The van der Waals surface area contributed by atoms with Gasteiger partial charge in [-0.1, -0.05) is 54.1 Å². The first-order valence-electron chi connectivity index (χ1n) is 8.36. The van der Waals surface area contributed by atoms with Gasteiger partial charge in [-0.25, -0.2) is 4.98 Å². The second-order valence-corrected chi connectivity index (χ2v) is 7.58. The molecule has 0 saturated carbocycles. The van der Waals surface area contributed by atoms with Crippen LogP contribution in [0.25, 0.3) is 21.3 Å². The van der Waals surface area contributed by atoms with E-state index in [2.05, 4.69) is 9.97 Å². The molecule has 0 atom stereocenters. The van der Waals surface area contributed by atoms with Crippen molar-refractivity contribution in [3.05, 3.63) is 74.7 Å². The summed E-state index contributed by atoms with van der Waals surface area (Å²) in [7, 11) is 0. The molecule has 1 aliphatic rings. The van der Waals surface area contributed by atoms with Gasteiger partial charge in [0.1, 0.15) is 4.83 Å². The maximum Gasteiger partial charge on any atom is 0.260 e. The van der Waals surface area contributed by atoms with Crippen LogP contribution in [0.4, 0.5) is 0 Å². The molecule has 126 valence electrons. The van der Waals surface area contributed by atoms with Gasteiger partial charge in [-0.2, -0.15) is 0 Å². The fourth-order valence-corrected chi connectivity index (χ4v) is 4.59. The highest BCUT2D eigenvalue weighted by atomic mass is 35.5. The van der Waals surface area contributed by atoms with Gasteiger partial charge in [-0.15, -0.1) is 11.3 Å². The number of nitrogens with one attached hydrogen (secondary N) is 1. The number of fused-ring (bicyclic) bond motifs is 3. The van der Waals surface area contributed by atoms with E-state index < -0.39 is 0 Å². The van der Waals surface area contributed by atoms with Crippen LogP contribution < -0.4 is 5.56 Å². The molecule has 0 saturated heterocycles. The maximum atomic E-state index is 12.5. The van der Waals surface area contributed by atoms with Crippen molar-refractivity contribution in [2.75, 3.05) is 0 Å². The summed E-state index contributed by atoms with van der Waals surface area (Å²) >= 11 is 7.98. The summed E-state index contributed by atoms with van der Waals surface area (Å²) in [6, 6.07) is 9.97. The Labute approximate surface area is 154 Å². The molecule has 0 radical (unpaired) electrons. The van der Waals surface area contributed by atoms with Crippen LogP contribution in [0, 0.1) is 0 Å². The number of rotatable bonds is 3. The van der Waals surface area contributed by atoms with Crippen LogP contribution in [-0.2, 0) is 12.8 Å². The Morgan fingerprint density at radius 1 is 1.20 bits per heavy atom. The number of H-pyrrole nitrogens is 1. The normalized spacial score (nSPS) is 15.0. The Kier molecular flexibility index (Phi) is 4.55. The third-order valence-electron chi connectivity index (χ3n) is 4.38. The van der Waals surface area contributed by atoms with Crippen molar-refractivity contribution in [3.8, 4) is 0 Å². The third kappa shape index (κ3) is 3.32. The van der Waals surface area contributed by atoms with Crippen LogP contribution in [-0.4, -0.2) is 9.97 Å². The molecule has 0 aliphatic heterocycles. The predicted octanol–water partition coefficient (Wildman–Crippen LogP) is 5.16. The third-order valence-corrected chi connectivity index (χ3v) is 5.87. The number of hydrogen-bond donors (Lipinski definition) is 1. The summed E-state index contributed by atoms with van der Waals surface area (Å²) in [5.74, 6) is 0.426. The molecule has 4 rings (SSSR count). The highest BCUT2D eigenvalue weighted by Crippen LogP contribution is 2.34. The van der Waals surface area contributed by atoms with Crippen LogP contribution in [0.3, 0.4) is 0 Å². The molecule has 1 N–H and O–H groups in total. The van der Waals surface area contributed by atoms with Crippen LogP contribution in [0.1, 0.15) is 34.7 Å². The van der Waals surface area contributed by atoms with Gasteiger partial charge in [0, 0.05) is 4.88 Å². The summed E-state index contributed by atoms with van der Waals surface area (Å²) in [6.07, 6.45) is 9.94. The Morgan fingerprint density at radius 3 is 2.84 bits per heavy atom. The molecule has 3 nitrogen and oxygen atoms in total. The smallest absolute Gasteiger partial charge is 0.260 e. The summed E-state index contributed by atoms with van der Waals surface area (Å²) in [5.41, 5.74) is 2.19. The molecule has 3 aromatic rings. The number of aryl methyl sites for hydroxylation is 2.